The molecule has 132 valence electrons. The number of carbonyl (C=O) groups is 2. The van der Waals surface area contributed by atoms with E-state index in [4.69, 9.17) is 4.84 Å². The highest BCUT2D eigenvalue weighted by atomic mass is 16.7. The van der Waals surface area contributed by atoms with Crippen molar-refractivity contribution in [1.82, 2.24) is 10.2 Å². The Bertz CT molecular complexity index is 727. The Kier molecular flexibility index (Phi) is 3.78. The summed E-state index contributed by atoms with van der Waals surface area (Å²) in [6, 6.07) is 10.2. The first kappa shape index (κ1) is 16.1. The Morgan fingerprint density at radius 2 is 2.00 bits per heavy atom. The number of likely N-dealkylation sites (tertiary alicyclic amines) is 1. The number of hydrogen-bond donors (Lipinski definition) is 1. The van der Waals surface area contributed by atoms with Crippen molar-refractivity contribution in [3.8, 4) is 0 Å². The van der Waals surface area contributed by atoms with Crippen LogP contribution in [0.2, 0.25) is 0 Å². The smallest absolute Gasteiger partial charge is 0.269 e. The summed E-state index contributed by atoms with van der Waals surface area (Å²) in [6.07, 6.45) is 1.44. The van der Waals surface area contributed by atoms with Crippen LogP contribution >= 0.6 is 0 Å². The van der Waals surface area contributed by atoms with Crippen LogP contribution in [-0.4, -0.2) is 47.2 Å². The Hall–Kier alpha value is -2.37. The lowest BCUT2D eigenvalue weighted by Gasteiger charge is -2.42. The second kappa shape index (κ2) is 5.86. The first-order valence-corrected chi connectivity index (χ1v) is 8.82. The van der Waals surface area contributed by atoms with Gasteiger partial charge < -0.3 is 15.1 Å². The van der Waals surface area contributed by atoms with Gasteiger partial charge in [0.25, 0.3) is 5.91 Å². The average Bonchev–Trinajstić information content (AvgIpc) is 3.30. The van der Waals surface area contributed by atoms with Gasteiger partial charge in [-0.1, -0.05) is 35.5 Å². The number of rotatable bonds is 4. The van der Waals surface area contributed by atoms with E-state index in [9.17, 15) is 9.59 Å². The van der Waals surface area contributed by atoms with Crippen molar-refractivity contribution in [3.63, 3.8) is 0 Å². The van der Waals surface area contributed by atoms with Gasteiger partial charge in [0.05, 0.1) is 11.8 Å². The lowest BCUT2D eigenvalue weighted by atomic mass is 9.95. The molecule has 0 aromatic heterocycles. The van der Waals surface area contributed by atoms with E-state index in [1.165, 1.54) is 5.56 Å². The molecule has 1 unspecified atom stereocenters. The standard InChI is InChI=1S/C19H23N3O3/c1-12-9-19(2,25-21-12)18(24)22-10-14(11-22)20-17(23)16-8-15(16)13-6-4-3-5-7-13/h3-7,14-16H,8-11H2,1-2H3,(H,20,23)/t15-,16+,19?/m0/s1. The van der Waals surface area contributed by atoms with Crippen LogP contribution in [0.15, 0.2) is 35.5 Å². The summed E-state index contributed by atoms with van der Waals surface area (Å²) < 4.78 is 0. The molecule has 1 N–H and O–H groups in total. The maximum atomic E-state index is 12.5. The summed E-state index contributed by atoms with van der Waals surface area (Å²) in [4.78, 5) is 31.9. The molecular formula is C19H23N3O3. The molecule has 6 nitrogen and oxygen atoms in total. The molecular weight excluding hydrogens is 318 g/mol. The minimum atomic E-state index is -0.881. The number of benzene rings is 1. The maximum absolute atomic E-state index is 12.5. The minimum absolute atomic E-state index is 0.0421. The largest absolute Gasteiger partial charge is 0.379 e. The number of nitrogens with zero attached hydrogens (tertiary/aromatic N) is 2. The van der Waals surface area contributed by atoms with Crippen molar-refractivity contribution in [2.24, 2.45) is 11.1 Å². The van der Waals surface area contributed by atoms with Crippen LogP contribution in [0.5, 0.6) is 0 Å². The third-order valence-electron chi connectivity index (χ3n) is 5.32. The highest BCUT2D eigenvalue weighted by molar-refractivity contribution is 5.95. The fraction of sp³-hybridized carbons (Fsp3) is 0.526. The van der Waals surface area contributed by atoms with Crippen LogP contribution < -0.4 is 5.32 Å². The third kappa shape index (κ3) is 3.01. The Labute approximate surface area is 147 Å². The van der Waals surface area contributed by atoms with Crippen LogP contribution in [0.1, 0.15) is 38.2 Å². The lowest BCUT2D eigenvalue weighted by molar-refractivity contribution is -0.159. The maximum Gasteiger partial charge on any atom is 0.269 e. The second-order valence-corrected chi connectivity index (χ2v) is 7.60. The second-order valence-electron chi connectivity index (χ2n) is 7.60. The first-order valence-electron chi connectivity index (χ1n) is 8.82. The van der Waals surface area contributed by atoms with E-state index >= 15 is 0 Å². The van der Waals surface area contributed by atoms with Gasteiger partial charge >= 0.3 is 0 Å². The fourth-order valence-corrected chi connectivity index (χ4v) is 3.78. The molecule has 3 aliphatic rings. The molecule has 1 aliphatic carbocycles. The number of amides is 2. The lowest BCUT2D eigenvalue weighted by Crippen LogP contribution is -2.64. The van der Waals surface area contributed by atoms with E-state index in [1.807, 2.05) is 25.1 Å². The molecule has 6 heteroatoms. The van der Waals surface area contributed by atoms with E-state index < -0.39 is 5.60 Å². The molecule has 2 fully saturated rings. The van der Waals surface area contributed by atoms with Crippen molar-refractivity contribution in [3.05, 3.63) is 35.9 Å². The molecule has 1 saturated heterocycles. The Balaban J connectivity index is 1.24. The van der Waals surface area contributed by atoms with Crippen molar-refractivity contribution in [1.29, 1.82) is 0 Å². The van der Waals surface area contributed by atoms with Crippen LogP contribution in [0, 0.1) is 5.92 Å². The first-order chi connectivity index (χ1) is 12.0. The van der Waals surface area contributed by atoms with E-state index in [1.54, 1.807) is 11.8 Å². The molecule has 1 saturated carbocycles. The van der Waals surface area contributed by atoms with Gasteiger partial charge in [-0.15, -0.1) is 0 Å². The number of nitrogens with one attached hydrogen (secondary N) is 1. The molecule has 25 heavy (non-hydrogen) atoms. The zero-order valence-corrected chi connectivity index (χ0v) is 14.6. The molecule has 2 heterocycles. The molecule has 0 spiro atoms. The summed E-state index contributed by atoms with van der Waals surface area (Å²) in [7, 11) is 0. The van der Waals surface area contributed by atoms with Gasteiger partial charge in [-0.3, -0.25) is 9.59 Å². The molecule has 3 atom stereocenters. The Morgan fingerprint density at radius 3 is 2.64 bits per heavy atom. The van der Waals surface area contributed by atoms with Crippen molar-refractivity contribution in [2.45, 2.75) is 44.2 Å². The molecule has 1 aromatic rings. The Morgan fingerprint density at radius 1 is 1.28 bits per heavy atom. The minimum Gasteiger partial charge on any atom is -0.379 e. The quantitative estimate of drug-likeness (QED) is 0.906. The average molecular weight is 341 g/mol. The fourth-order valence-electron chi connectivity index (χ4n) is 3.78. The normalized spacial score (nSPS) is 31.0. The van der Waals surface area contributed by atoms with E-state index in [0.29, 0.717) is 25.4 Å². The van der Waals surface area contributed by atoms with Crippen molar-refractivity contribution in [2.75, 3.05) is 13.1 Å². The number of carbonyl (C=O) groups excluding carboxylic acids is 2. The molecule has 0 radical (unpaired) electrons. The van der Waals surface area contributed by atoms with Gasteiger partial charge in [0.1, 0.15) is 0 Å². The molecule has 2 amide bonds. The summed E-state index contributed by atoms with van der Waals surface area (Å²) in [6.45, 7) is 4.73. The summed E-state index contributed by atoms with van der Waals surface area (Å²) in [5.41, 5.74) is 1.19. The van der Waals surface area contributed by atoms with Crippen LogP contribution in [0.4, 0.5) is 0 Å². The van der Waals surface area contributed by atoms with Gasteiger partial charge in [0.15, 0.2) is 0 Å². The van der Waals surface area contributed by atoms with Crippen LogP contribution in [0.3, 0.4) is 0 Å². The topological polar surface area (TPSA) is 71.0 Å². The van der Waals surface area contributed by atoms with Crippen molar-refractivity contribution < 1.29 is 14.4 Å². The van der Waals surface area contributed by atoms with E-state index in [2.05, 4.69) is 22.6 Å². The highest BCUT2D eigenvalue weighted by Crippen LogP contribution is 2.47. The summed E-state index contributed by atoms with van der Waals surface area (Å²) >= 11 is 0. The van der Waals surface area contributed by atoms with Gasteiger partial charge in [-0.25, -0.2) is 0 Å². The zero-order chi connectivity index (χ0) is 17.6. The predicted molar refractivity (Wildman–Crippen MR) is 93.0 cm³/mol. The molecule has 4 rings (SSSR count). The predicted octanol–water partition coefficient (Wildman–Crippen LogP) is 1.67. The van der Waals surface area contributed by atoms with Gasteiger partial charge in [-0.2, -0.15) is 0 Å². The molecule has 0 bridgehead atoms. The number of oxime groups is 1. The van der Waals surface area contributed by atoms with E-state index in [-0.39, 0.29) is 23.8 Å². The van der Waals surface area contributed by atoms with E-state index in [0.717, 1.165) is 12.1 Å². The molecule has 1 aromatic carbocycles. The zero-order valence-electron chi connectivity index (χ0n) is 14.6. The summed E-state index contributed by atoms with van der Waals surface area (Å²) in [5.74, 6) is 0.462. The van der Waals surface area contributed by atoms with Crippen LogP contribution in [0.25, 0.3) is 0 Å². The summed E-state index contributed by atoms with van der Waals surface area (Å²) in [5, 5.41) is 6.96. The monoisotopic (exact) mass is 341 g/mol. The SMILES string of the molecule is CC1=NOC(C)(C(=O)N2CC(NC(=O)[C@@H]3C[C@H]3c3ccccc3)C2)C1. The van der Waals surface area contributed by atoms with Crippen molar-refractivity contribution >= 4 is 17.5 Å². The van der Waals surface area contributed by atoms with Gasteiger partial charge in [0, 0.05) is 25.4 Å². The molecule has 2 aliphatic heterocycles. The number of hydrogen-bond acceptors (Lipinski definition) is 4. The third-order valence-corrected chi connectivity index (χ3v) is 5.32. The van der Waals surface area contributed by atoms with Gasteiger partial charge in [0.2, 0.25) is 11.5 Å². The van der Waals surface area contributed by atoms with Crippen LogP contribution in [-0.2, 0) is 14.4 Å². The highest BCUT2D eigenvalue weighted by Gasteiger charge is 2.48. The van der Waals surface area contributed by atoms with Gasteiger partial charge in [-0.05, 0) is 31.7 Å².